The van der Waals surface area contributed by atoms with E-state index in [1.54, 1.807) is 0 Å². The van der Waals surface area contributed by atoms with Crippen LogP contribution in [0.5, 0.6) is 0 Å². The quantitative estimate of drug-likeness (QED) is 0.204. The first-order valence-corrected chi connectivity index (χ1v) is 7.06. The Morgan fingerprint density at radius 3 is 3.10 bits per heavy atom. The van der Waals surface area contributed by atoms with Gasteiger partial charge in [0.25, 0.3) is 0 Å². The van der Waals surface area contributed by atoms with Crippen molar-refractivity contribution in [1.29, 1.82) is 5.41 Å². The molecule has 1 atom stereocenters. The molecule has 1 aromatic carbocycles. The van der Waals surface area contributed by atoms with E-state index in [-0.39, 0.29) is 16.3 Å². The number of nitrogen functional groups attached to an aromatic ring is 1. The summed E-state index contributed by atoms with van der Waals surface area (Å²) in [6.45, 7) is 0.379. The van der Waals surface area contributed by atoms with Crippen LogP contribution < -0.4 is 27.2 Å². The molecule has 7 nitrogen and oxygen atoms in total. The minimum absolute atomic E-state index is 0.148. The largest absolute Gasteiger partial charge is 0.398 e. The number of halogens is 2. The van der Waals surface area contributed by atoms with Crippen molar-refractivity contribution in [2.75, 3.05) is 17.7 Å². The zero-order valence-corrected chi connectivity index (χ0v) is 12.4. The number of aliphatic imine (C=N–C) groups is 1. The molecule has 0 bridgehead atoms. The highest BCUT2D eigenvalue weighted by Gasteiger charge is 2.29. The summed E-state index contributed by atoms with van der Waals surface area (Å²) in [6.07, 6.45) is 1.08. The molecule has 0 spiro atoms. The number of hydrogen-bond donors (Lipinski definition) is 6. The summed E-state index contributed by atoms with van der Waals surface area (Å²) in [4.78, 5) is 4.16. The molecule has 0 aliphatic carbocycles. The zero-order chi connectivity index (χ0) is 15.0. The van der Waals surface area contributed by atoms with E-state index in [0.29, 0.717) is 18.1 Å². The van der Waals surface area contributed by atoms with E-state index < -0.39 is 5.82 Å². The number of hydrogen-bond acceptors (Lipinski definition) is 7. The second-order valence-corrected chi connectivity index (χ2v) is 5.41. The summed E-state index contributed by atoms with van der Waals surface area (Å²) in [5.74, 6) is 0.840. The monoisotopic (exact) mass is 353 g/mol. The molecule has 0 fully saturated rings. The first-order valence-electron chi connectivity index (χ1n) is 6.15. The lowest BCUT2D eigenvalue weighted by molar-refractivity contribution is 0.632. The van der Waals surface area contributed by atoms with Crippen LogP contribution >= 0.6 is 15.9 Å². The molecule has 7 N–H and O–H groups in total. The van der Waals surface area contributed by atoms with Crippen molar-refractivity contribution < 1.29 is 4.39 Å². The fraction of sp³-hybridized carbons (Fsp3) is 0.167. The van der Waals surface area contributed by atoms with Crippen LogP contribution in [-0.4, -0.2) is 23.7 Å². The third kappa shape index (κ3) is 2.45. The molecule has 1 unspecified atom stereocenters. The van der Waals surface area contributed by atoms with E-state index in [1.165, 1.54) is 12.1 Å². The first kappa shape index (κ1) is 13.8. The molecule has 2 aliphatic heterocycles. The molecule has 0 saturated heterocycles. The Labute approximate surface area is 128 Å². The second kappa shape index (κ2) is 5.34. The SMILES string of the molecule is N=Cc1cc(NC2=NCNC3=C2C(Br)NN3)c(F)cc1N. The van der Waals surface area contributed by atoms with Crippen LogP contribution in [0.2, 0.25) is 0 Å². The number of anilines is 2. The zero-order valence-electron chi connectivity index (χ0n) is 10.8. The van der Waals surface area contributed by atoms with Crippen molar-refractivity contribution in [2.24, 2.45) is 4.99 Å². The van der Waals surface area contributed by atoms with Gasteiger partial charge in [-0.15, -0.1) is 0 Å². The van der Waals surface area contributed by atoms with Crippen LogP contribution in [0.15, 0.2) is 28.5 Å². The molecule has 3 rings (SSSR count). The van der Waals surface area contributed by atoms with E-state index in [0.717, 1.165) is 17.6 Å². The standard InChI is InChI=1S/C12H13BrFN7/c13-10-9-11(17-4-18-12(9)21-20-10)19-8-1-5(3-15)7(16)2-6(8)14/h1-3,10,15,18,20-21H,4,16H2,(H,17,19). The second-order valence-electron chi connectivity index (χ2n) is 4.49. The number of nitrogens with two attached hydrogens (primary N) is 1. The summed E-state index contributed by atoms with van der Waals surface area (Å²) in [5, 5.41) is 13.3. The Kier molecular flexibility index (Phi) is 3.52. The topological polar surface area (TPSA) is 110 Å². The molecule has 0 saturated carbocycles. The summed E-state index contributed by atoms with van der Waals surface area (Å²) >= 11 is 3.45. The molecular weight excluding hydrogens is 341 g/mol. The van der Waals surface area contributed by atoms with Crippen molar-refractivity contribution in [3.63, 3.8) is 0 Å². The highest BCUT2D eigenvalue weighted by atomic mass is 79.9. The van der Waals surface area contributed by atoms with Gasteiger partial charge in [0, 0.05) is 17.5 Å². The van der Waals surface area contributed by atoms with Gasteiger partial charge in [0.05, 0.1) is 11.3 Å². The van der Waals surface area contributed by atoms with Crippen LogP contribution in [0.3, 0.4) is 0 Å². The van der Waals surface area contributed by atoms with Gasteiger partial charge in [-0.2, -0.15) is 0 Å². The van der Waals surface area contributed by atoms with Crippen LogP contribution in [0.1, 0.15) is 5.56 Å². The Morgan fingerprint density at radius 1 is 1.52 bits per heavy atom. The van der Waals surface area contributed by atoms with Crippen LogP contribution in [0.25, 0.3) is 0 Å². The van der Waals surface area contributed by atoms with Crippen molar-refractivity contribution in [3.8, 4) is 0 Å². The molecule has 9 heteroatoms. The Balaban J connectivity index is 1.94. The van der Waals surface area contributed by atoms with Gasteiger partial charge in [-0.3, -0.25) is 0 Å². The van der Waals surface area contributed by atoms with Gasteiger partial charge in [-0.1, -0.05) is 15.9 Å². The van der Waals surface area contributed by atoms with Crippen LogP contribution in [-0.2, 0) is 0 Å². The smallest absolute Gasteiger partial charge is 0.148 e. The van der Waals surface area contributed by atoms with Crippen molar-refractivity contribution >= 4 is 39.4 Å². The van der Waals surface area contributed by atoms with Gasteiger partial charge >= 0.3 is 0 Å². The Morgan fingerprint density at radius 2 is 2.33 bits per heavy atom. The van der Waals surface area contributed by atoms with E-state index in [1.807, 2.05) is 0 Å². The third-order valence-electron chi connectivity index (χ3n) is 3.18. The maximum atomic E-state index is 14.0. The van der Waals surface area contributed by atoms with Gasteiger partial charge in [-0.05, 0) is 12.1 Å². The summed E-state index contributed by atoms with van der Waals surface area (Å²) in [7, 11) is 0. The number of alkyl halides is 1. The number of rotatable bonds is 2. The normalized spacial score (nSPS) is 20.3. The number of benzene rings is 1. The van der Waals surface area contributed by atoms with Gasteiger partial charge in [0.2, 0.25) is 0 Å². The van der Waals surface area contributed by atoms with E-state index in [9.17, 15) is 4.39 Å². The third-order valence-corrected chi connectivity index (χ3v) is 3.86. The van der Waals surface area contributed by atoms with Crippen molar-refractivity contribution in [3.05, 3.63) is 34.9 Å². The summed E-state index contributed by atoms with van der Waals surface area (Å²) in [5.41, 5.74) is 13.3. The molecule has 1 aromatic rings. The molecule has 0 radical (unpaired) electrons. The predicted molar refractivity (Wildman–Crippen MR) is 83.8 cm³/mol. The number of hydrazine groups is 1. The number of amidine groups is 1. The van der Waals surface area contributed by atoms with Crippen LogP contribution in [0, 0.1) is 11.2 Å². The van der Waals surface area contributed by atoms with Gasteiger partial charge in [-0.25, -0.2) is 14.8 Å². The Bertz CT molecular complexity index is 670. The van der Waals surface area contributed by atoms with Crippen molar-refractivity contribution in [1.82, 2.24) is 16.2 Å². The predicted octanol–water partition coefficient (Wildman–Crippen LogP) is 0.817. The maximum Gasteiger partial charge on any atom is 0.148 e. The molecule has 2 heterocycles. The lowest BCUT2D eigenvalue weighted by Crippen LogP contribution is -2.33. The molecule has 0 aromatic heterocycles. The highest BCUT2D eigenvalue weighted by molar-refractivity contribution is 9.09. The molecule has 2 aliphatic rings. The minimum atomic E-state index is -0.494. The molecule has 0 amide bonds. The minimum Gasteiger partial charge on any atom is -0.398 e. The fourth-order valence-electron chi connectivity index (χ4n) is 2.12. The average molecular weight is 354 g/mol. The van der Waals surface area contributed by atoms with Gasteiger partial charge < -0.3 is 27.2 Å². The summed E-state index contributed by atoms with van der Waals surface area (Å²) in [6, 6.07) is 2.68. The maximum absolute atomic E-state index is 14.0. The number of nitrogens with zero attached hydrogens (tertiary/aromatic N) is 1. The van der Waals surface area contributed by atoms with Gasteiger partial charge in [0.15, 0.2) is 0 Å². The first-order chi connectivity index (χ1) is 10.1. The van der Waals surface area contributed by atoms with E-state index in [2.05, 4.69) is 42.4 Å². The van der Waals surface area contributed by atoms with Crippen LogP contribution in [0.4, 0.5) is 15.8 Å². The Hall–Kier alpha value is -2.13. The molecule has 21 heavy (non-hydrogen) atoms. The average Bonchev–Trinajstić information content (AvgIpc) is 2.84. The van der Waals surface area contributed by atoms with Gasteiger partial charge in [0.1, 0.15) is 29.1 Å². The lowest BCUT2D eigenvalue weighted by Gasteiger charge is -2.19. The van der Waals surface area contributed by atoms with E-state index in [4.69, 9.17) is 11.1 Å². The van der Waals surface area contributed by atoms with E-state index >= 15 is 0 Å². The molecule has 110 valence electrons. The number of nitrogens with one attached hydrogen (secondary N) is 5. The highest BCUT2D eigenvalue weighted by Crippen LogP contribution is 2.25. The molecular formula is C12H13BrFN7. The fourth-order valence-corrected chi connectivity index (χ4v) is 2.68. The van der Waals surface area contributed by atoms with Crippen molar-refractivity contribution in [2.45, 2.75) is 4.95 Å². The lowest BCUT2D eigenvalue weighted by atomic mass is 10.1. The summed E-state index contributed by atoms with van der Waals surface area (Å²) < 4.78 is 14.0.